The molecule has 1 aliphatic heterocycles. The molecule has 2 heterocycles. The normalized spacial score (nSPS) is 18.0. The van der Waals surface area contributed by atoms with Crippen LogP contribution in [0.3, 0.4) is 0 Å². The molecular formula is C12H22ClN3S. The number of halogens is 1. The Balaban J connectivity index is 0.00000144. The van der Waals surface area contributed by atoms with E-state index in [2.05, 4.69) is 34.6 Å². The van der Waals surface area contributed by atoms with Crippen molar-refractivity contribution in [1.29, 1.82) is 0 Å². The second-order valence-electron chi connectivity index (χ2n) is 4.43. The summed E-state index contributed by atoms with van der Waals surface area (Å²) < 4.78 is 0. The third-order valence-electron chi connectivity index (χ3n) is 3.28. The number of aromatic nitrogens is 1. The fourth-order valence-corrected chi connectivity index (χ4v) is 2.93. The fourth-order valence-electron chi connectivity index (χ4n) is 2.19. The van der Waals surface area contributed by atoms with E-state index in [0.717, 1.165) is 19.0 Å². The van der Waals surface area contributed by atoms with Crippen LogP contribution in [0.1, 0.15) is 30.5 Å². The SMILES string of the molecule is CCc1nc(CN2CCC(NC)CC2)cs1.Cl. The zero-order chi connectivity index (χ0) is 11.4. The first-order valence-electron chi connectivity index (χ1n) is 6.14. The number of likely N-dealkylation sites (tertiary alicyclic amines) is 1. The molecule has 17 heavy (non-hydrogen) atoms. The van der Waals surface area contributed by atoms with Gasteiger partial charge < -0.3 is 5.32 Å². The second-order valence-corrected chi connectivity index (χ2v) is 5.37. The summed E-state index contributed by atoms with van der Waals surface area (Å²) in [6, 6.07) is 0.720. The zero-order valence-electron chi connectivity index (χ0n) is 10.6. The summed E-state index contributed by atoms with van der Waals surface area (Å²) in [5, 5.41) is 6.84. The van der Waals surface area contributed by atoms with Gasteiger partial charge in [-0.15, -0.1) is 23.7 Å². The van der Waals surface area contributed by atoms with E-state index in [1.807, 2.05) is 0 Å². The van der Waals surface area contributed by atoms with E-state index in [-0.39, 0.29) is 12.4 Å². The Morgan fingerprint density at radius 1 is 1.47 bits per heavy atom. The quantitative estimate of drug-likeness (QED) is 0.914. The molecule has 0 aromatic carbocycles. The Kier molecular flexibility index (Phi) is 6.41. The Morgan fingerprint density at radius 3 is 2.71 bits per heavy atom. The number of piperidine rings is 1. The molecule has 1 aliphatic rings. The molecule has 0 saturated carbocycles. The van der Waals surface area contributed by atoms with Crippen LogP contribution in [0.4, 0.5) is 0 Å². The van der Waals surface area contributed by atoms with Gasteiger partial charge in [-0.3, -0.25) is 4.90 Å². The lowest BCUT2D eigenvalue weighted by Gasteiger charge is -2.31. The highest BCUT2D eigenvalue weighted by Gasteiger charge is 2.18. The zero-order valence-corrected chi connectivity index (χ0v) is 12.2. The Morgan fingerprint density at radius 2 is 2.18 bits per heavy atom. The summed E-state index contributed by atoms with van der Waals surface area (Å²) >= 11 is 1.79. The molecule has 5 heteroatoms. The topological polar surface area (TPSA) is 28.2 Å². The van der Waals surface area contributed by atoms with Crippen molar-refractivity contribution >= 4 is 23.7 Å². The van der Waals surface area contributed by atoms with Crippen molar-refractivity contribution in [1.82, 2.24) is 15.2 Å². The van der Waals surface area contributed by atoms with Crippen molar-refractivity contribution in [3.8, 4) is 0 Å². The standard InChI is InChI=1S/C12H21N3S.ClH/c1-3-12-14-11(9-16-12)8-15-6-4-10(13-2)5-7-15;/h9-10,13H,3-8H2,1-2H3;1H. The van der Waals surface area contributed by atoms with Gasteiger partial charge in [0, 0.05) is 31.1 Å². The Bertz CT molecular complexity index is 321. The maximum Gasteiger partial charge on any atom is 0.0926 e. The molecule has 0 radical (unpaired) electrons. The van der Waals surface area contributed by atoms with Crippen LogP contribution in [0.25, 0.3) is 0 Å². The van der Waals surface area contributed by atoms with Gasteiger partial charge in [0.2, 0.25) is 0 Å². The van der Waals surface area contributed by atoms with Gasteiger partial charge in [0.05, 0.1) is 10.7 Å². The summed E-state index contributed by atoms with van der Waals surface area (Å²) in [7, 11) is 2.06. The smallest absolute Gasteiger partial charge is 0.0926 e. The van der Waals surface area contributed by atoms with Crippen molar-refractivity contribution < 1.29 is 0 Å². The van der Waals surface area contributed by atoms with E-state index in [1.165, 1.54) is 36.6 Å². The van der Waals surface area contributed by atoms with E-state index >= 15 is 0 Å². The first-order valence-corrected chi connectivity index (χ1v) is 7.02. The van der Waals surface area contributed by atoms with Gasteiger partial charge in [-0.25, -0.2) is 4.98 Å². The molecule has 0 amide bonds. The monoisotopic (exact) mass is 275 g/mol. The third-order valence-corrected chi connectivity index (χ3v) is 4.33. The number of thiazole rings is 1. The Labute approximate surface area is 114 Å². The van der Waals surface area contributed by atoms with Gasteiger partial charge in [0.25, 0.3) is 0 Å². The van der Waals surface area contributed by atoms with Crippen LogP contribution in [-0.2, 0) is 13.0 Å². The van der Waals surface area contributed by atoms with E-state index in [9.17, 15) is 0 Å². The molecule has 3 nitrogen and oxygen atoms in total. The number of hydrogen-bond donors (Lipinski definition) is 1. The van der Waals surface area contributed by atoms with Crippen LogP contribution in [0.2, 0.25) is 0 Å². The minimum atomic E-state index is 0. The largest absolute Gasteiger partial charge is 0.317 e. The van der Waals surface area contributed by atoms with Gasteiger partial charge >= 0.3 is 0 Å². The van der Waals surface area contributed by atoms with Crippen molar-refractivity contribution in [3.05, 3.63) is 16.1 Å². The maximum absolute atomic E-state index is 4.62. The van der Waals surface area contributed by atoms with Gasteiger partial charge in [-0.1, -0.05) is 6.92 Å². The van der Waals surface area contributed by atoms with Crippen LogP contribution in [0.15, 0.2) is 5.38 Å². The molecule has 2 rings (SSSR count). The van der Waals surface area contributed by atoms with E-state index in [0.29, 0.717) is 0 Å². The molecule has 1 N–H and O–H groups in total. The van der Waals surface area contributed by atoms with Gasteiger partial charge in [-0.05, 0) is 26.3 Å². The molecule has 0 bridgehead atoms. The van der Waals surface area contributed by atoms with E-state index in [4.69, 9.17) is 0 Å². The fraction of sp³-hybridized carbons (Fsp3) is 0.750. The first kappa shape index (κ1) is 14.9. The summed E-state index contributed by atoms with van der Waals surface area (Å²) in [4.78, 5) is 7.14. The van der Waals surface area contributed by atoms with Crippen LogP contribution < -0.4 is 5.32 Å². The molecule has 0 aliphatic carbocycles. The number of aryl methyl sites for hydroxylation is 1. The molecule has 0 atom stereocenters. The third kappa shape index (κ3) is 4.21. The molecule has 1 aromatic heterocycles. The highest BCUT2D eigenvalue weighted by Crippen LogP contribution is 2.16. The lowest BCUT2D eigenvalue weighted by atomic mass is 10.1. The minimum absolute atomic E-state index is 0. The lowest BCUT2D eigenvalue weighted by molar-refractivity contribution is 0.193. The van der Waals surface area contributed by atoms with Crippen molar-refractivity contribution in [3.63, 3.8) is 0 Å². The minimum Gasteiger partial charge on any atom is -0.317 e. The van der Waals surface area contributed by atoms with Crippen molar-refractivity contribution in [2.75, 3.05) is 20.1 Å². The van der Waals surface area contributed by atoms with Crippen LogP contribution >= 0.6 is 23.7 Å². The summed E-state index contributed by atoms with van der Waals surface area (Å²) in [6.07, 6.45) is 3.59. The van der Waals surface area contributed by atoms with Crippen LogP contribution in [0.5, 0.6) is 0 Å². The lowest BCUT2D eigenvalue weighted by Crippen LogP contribution is -2.40. The highest BCUT2D eigenvalue weighted by atomic mass is 35.5. The highest BCUT2D eigenvalue weighted by molar-refractivity contribution is 7.09. The predicted molar refractivity (Wildman–Crippen MR) is 76.1 cm³/mol. The van der Waals surface area contributed by atoms with Gasteiger partial charge in [0.15, 0.2) is 0 Å². The first-order chi connectivity index (χ1) is 7.81. The average Bonchev–Trinajstić information content (AvgIpc) is 2.78. The summed E-state index contributed by atoms with van der Waals surface area (Å²) in [6.45, 7) is 5.60. The number of rotatable bonds is 4. The Hall–Kier alpha value is -0.160. The van der Waals surface area contributed by atoms with Gasteiger partial charge in [0.1, 0.15) is 0 Å². The van der Waals surface area contributed by atoms with Crippen molar-refractivity contribution in [2.45, 2.75) is 38.8 Å². The summed E-state index contributed by atoms with van der Waals surface area (Å²) in [5.74, 6) is 0. The molecule has 98 valence electrons. The molecule has 1 aromatic rings. The van der Waals surface area contributed by atoms with Gasteiger partial charge in [-0.2, -0.15) is 0 Å². The van der Waals surface area contributed by atoms with Crippen LogP contribution in [0, 0.1) is 0 Å². The number of nitrogens with zero attached hydrogens (tertiary/aromatic N) is 2. The second kappa shape index (κ2) is 7.31. The number of nitrogens with one attached hydrogen (secondary N) is 1. The molecule has 0 spiro atoms. The van der Waals surface area contributed by atoms with Crippen LogP contribution in [-0.4, -0.2) is 36.1 Å². The van der Waals surface area contributed by atoms with E-state index < -0.39 is 0 Å². The maximum atomic E-state index is 4.62. The average molecular weight is 276 g/mol. The molecule has 1 saturated heterocycles. The van der Waals surface area contributed by atoms with E-state index in [1.54, 1.807) is 11.3 Å². The predicted octanol–water partition coefficient (Wildman–Crippen LogP) is 2.31. The van der Waals surface area contributed by atoms with Crippen molar-refractivity contribution in [2.24, 2.45) is 0 Å². The molecule has 0 unspecified atom stereocenters. The molecule has 1 fully saturated rings. The molecular weight excluding hydrogens is 254 g/mol. The number of hydrogen-bond acceptors (Lipinski definition) is 4. The summed E-state index contributed by atoms with van der Waals surface area (Å²) in [5.41, 5.74) is 1.25.